The van der Waals surface area contributed by atoms with Crippen LogP contribution in [0.5, 0.6) is 0 Å². The first-order chi connectivity index (χ1) is 6.93. The molecule has 1 aromatic carbocycles. The molecule has 0 spiro atoms. The normalized spacial score (nSPS) is 17.1. The molecule has 15 heavy (non-hydrogen) atoms. The number of fused-ring (bicyclic) bond motifs is 1. The van der Waals surface area contributed by atoms with Gasteiger partial charge in [0.1, 0.15) is 0 Å². The number of rotatable bonds is 1. The fraction of sp³-hybridized carbons (Fsp3) is 0.300. The maximum Gasteiger partial charge on any atom is 0.275 e. The molecule has 1 aromatic rings. The summed E-state index contributed by atoms with van der Waals surface area (Å²) in [6.45, 7) is 3.51. The summed E-state index contributed by atoms with van der Waals surface area (Å²) >= 11 is 0. The average molecular weight is 206 g/mol. The summed E-state index contributed by atoms with van der Waals surface area (Å²) in [6.07, 6.45) is 0. The average Bonchev–Trinajstić information content (AvgIpc) is 2.37. The van der Waals surface area contributed by atoms with Gasteiger partial charge in [-0.05, 0) is 19.9 Å². The van der Waals surface area contributed by atoms with E-state index in [1.54, 1.807) is 19.9 Å². The number of hydrogen-bond acceptors (Lipinski definition) is 3. The summed E-state index contributed by atoms with van der Waals surface area (Å²) in [5.41, 5.74) is 0.195. The zero-order valence-corrected chi connectivity index (χ0v) is 8.40. The molecule has 1 N–H and O–H groups in total. The van der Waals surface area contributed by atoms with Crippen LogP contribution in [0.4, 0.5) is 5.69 Å². The van der Waals surface area contributed by atoms with Gasteiger partial charge in [0.15, 0.2) is 0 Å². The molecule has 0 unspecified atom stereocenters. The Balaban J connectivity index is 2.75. The van der Waals surface area contributed by atoms with Crippen LogP contribution in [0.1, 0.15) is 29.8 Å². The quantitative estimate of drug-likeness (QED) is 0.560. The molecule has 5 heteroatoms. The van der Waals surface area contributed by atoms with E-state index in [1.165, 1.54) is 12.1 Å². The highest BCUT2D eigenvalue weighted by Gasteiger charge is 2.40. The van der Waals surface area contributed by atoms with Crippen LogP contribution in [0, 0.1) is 10.1 Å². The van der Waals surface area contributed by atoms with Crippen molar-refractivity contribution >= 4 is 11.6 Å². The summed E-state index contributed by atoms with van der Waals surface area (Å²) < 4.78 is 0. The molecule has 1 aliphatic heterocycles. The number of nitrogens with zero attached hydrogens (tertiary/aromatic N) is 1. The van der Waals surface area contributed by atoms with Crippen molar-refractivity contribution < 1.29 is 9.72 Å². The number of nitro benzene ring substituents is 1. The van der Waals surface area contributed by atoms with Gasteiger partial charge in [0.05, 0.1) is 21.6 Å². The van der Waals surface area contributed by atoms with E-state index in [0.717, 1.165) is 0 Å². The van der Waals surface area contributed by atoms with Crippen molar-refractivity contribution in [3.8, 4) is 0 Å². The first-order valence-electron chi connectivity index (χ1n) is 4.54. The standard InChI is InChI=1S/C10H10N2O3/c1-10(2)8-6(9(13)11-10)4-3-5-7(8)12(14)15/h3-5H,1-2H3,(H,11,13). The third kappa shape index (κ3) is 1.27. The van der Waals surface area contributed by atoms with Crippen molar-refractivity contribution in [1.82, 2.24) is 5.32 Å². The van der Waals surface area contributed by atoms with E-state index in [0.29, 0.717) is 11.1 Å². The van der Waals surface area contributed by atoms with Crippen LogP contribution in [0.3, 0.4) is 0 Å². The fourth-order valence-corrected chi connectivity index (χ4v) is 1.95. The second kappa shape index (κ2) is 2.79. The second-order valence-electron chi connectivity index (χ2n) is 4.04. The van der Waals surface area contributed by atoms with Crippen LogP contribution in [0.15, 0.2) is 18.2 Å². The molecule has 0 radical (unpaired) electrons. The molecule has 0 bridgehead atoms. The molecule has 2 rings (SSSR count). The van der Waals surface area contributed by atoms with E-state index in [9.17, 15) is 14.9 Å². The zero-order chi connectivity index (χ0) is 11.2. The molecular formula is C10H10N2O3. The van der Waals surface area contributed by atoms with Crippen LogP contribution < -0.4 is 5.32 Å². The summed E-state index contributed by atoms with van der Waals surface area (Å²) in [6, 6.07) is 4.55. The number of benzene rings is 1. The lowest BCUT2D eigenvalue weighted by Gasteiger charge is -2.18. The van der Waals surface area contributed by atoms with Crippen molar-refractivity contribution in [2.24, 2.45) is 0 Å². The molecule has 0 fully saturated rings. The van der Waals surface area contributed by atoms with E-state index in [2.05, 4.69) is 5.32 Å². The maximum absolute atomic E-state index is 11.5. The number of hydrogen-bond donors (Lipinski definition) is 1. The molecule has 5 nitrogen and oxygen atoms in total. The van der Waals surface area contributed by atoms with Gasteiger partial charge < -0.3 is 5.32 Å². The molecular weight excluding hydrogens is 196 g/mol. The third-order valence-corrected chi connectivity index (χ3v) is 2.53. The smallest absolute Gasteiger partial charge is 0.275 e. The predicted molar refractivity (Wildman–Crippen MR) is 53.6 cm³/mol. The molecule has 0 aliphatic carbocycles. The lowest BCUT2D eigenvalue weighted by atomic mass is 9.93. The Morgan fingerprint density at radius 3 is 2.67 bits per heavy atom. The Labute approximate surface area is 86.2 Å². The largest absolute Gasteiger partial charge is 0.343 e. The first kappa shape index (κ1) is 9.64. The Hall–Kier alpha value is -1.91. The van der Waals surface area contributed by atoms with Gasteiger partial charge in [-0.2, -0.15) is 0 Å². The number of carbonyl (C=O) groups is 1. The molecule has 1 aliphatic rings. The van der Waals surface area contributed by atoms with E-state index in [-0.39, 0.29) is 11.6 Å². The van der Waals surface area contributed by atoms with E-state index < -0.39 is 10.5 Å². The van der Waals surface area contributed by atoms with E-state index in [4.69, 9.17) is 0 Å². The van der Waals surface area contributed by atoms with Crippen molar-refractivity contribution in [3.63, 3.8) is 0 Å². The summed E-state index contributed by atoms with van der Waals surface area (Å²) in [7, 11) is 0. The Morgan fingerprint density at radius 2 is 2.07 bits per heavy atom. The zero-order valence-electron chi connectivity index (χ0n) is 8.40. The monoisotopic (exact) mass is 206 g/mol. The van der Waals surface area contributed by atoms with Crippen molar-refractivity contribution in [1.29, 1.82) is 0 Å². The van der Waals surface area contributed by atoms with E-state index >= 15 is 0 Å². The van der Waals surface area contributed by atoms with Gasteiger partial charge in [0.2, 0.25) is 0 Å². The Kier molecular flexibility index (Phi) is 1.79. The number of nitrogens with one attached hydrogen (secondary N) is 1. The van der Waals surface area contributed by atoms with Gasteiger partial charge in [-0.3, -0.25) is 14.9 Å². The summed E-state index contributed by atoms with van der Waals surface area (Å²) in [4.78, 5) is 21.9. The SMILES string of the molecule is CC1(C)NC(=O)c2cccc([N+](=O)[O-])c21. The number of amides is 1. The van der Waals surface area contributed by atoms with Gasteiger partial charge in [0.25, 0.3) is 11.6 Å². The lowest BCUT2D eigenvalue weighted by molar-refractivity contribution is -0.386. The molecule has 0 atom stereocenters. The fourth-order valence-electron chi connectivity index (χ4n) is 1.95. The van der Waals surface area contributed by atoms with Crippen molar-refractivity contribution in [2.45, 2.75) is 19.4 Å². The molecule has 78 valence electrons. The third-order valence-electron chi connectivity index (χ3n) is 2.53. The van der Waals surface area contributed by atoms with Crippen LogP contribution in [0.2, 0.25) is 0 Å². The van der Waals surface area contributed by atoms with Crippen LogP contribution >= 0.6 is 0 Å². The summed E-state index contributed by atoms with van der Waals surface area (Å²) in [5, 5.41) is 13.5. The van der Waals surface area contributed by atoms with Crippen LogP contribution in [-0.2, 0) is 5.54 Å². The van der Waals surface area contributed by atoms with Gasteiger partial charge in [0, 0.05) is 6.07 Å². The number of carbonyl (C=O) groups excluding carboxylic acids is 1. The first-order valence-corrected chi connectivity index (χ1v) is 4.54. The van der Waals surface area contributed by atoms with Crippen LogP contribution in [0.25, 0.3) is 0 Å². The second-order valence-corrected chi connectivity index (χ2v) is 4.04. The van der Waals surface area contributed by atoms with Gasteiger partial charge >= 0.3 is 0 Å². The molecule has 0 saturated heterocycles. The highest BCUT2D eigenvalue weighted by atomic mass is 16.6. The maximum atomic E-state index is 11.5. The lowest BCUT2D eigenvalue weighted by Crippen LogP contribution is -2.33. The minimum absolute atomic E-state index is 0.00384. The van der Waals surface area contributed by atoms with Gasteiger partial charge in [-0.25, -0.2) is 0 Å². The van der Waals surface area contributed by atoms with Crippen LogP contribution in [-0.4, -0.2) is 10.8 Å². The highest BCUT2D eigenvalue weighted by molar-refractivity contribution is 6.01. The minimum Gasteiger partial charge on any atom is -0.343 e. The molecule has 0 saturated carbocycles. The predicted octanol–water partition coefficient (Wildman–Crippen LogP) is 1.57. The van der Waals surface area contributed by atoms with Crippen molar-refractivity contribution in [3.05, 3.63) is 39.4 Å². The molecule has 1 heterocycles. The van der Waals surface area contributed by atoms with Crippen molar-refractivity contribution in [2.75, 3.05) is 0 Å². The van der Waals surface area contributed by atoms with E-state index in [1.807, 2.05) is 0 Å². The Bertz CT molecular complexity index is 466. The minimum atomic E-state index is -0.671. The van der Waals surface area contributed by atoms with Gasteiger partial charge in [-0.15, -0.1) is 0 Å². The topological polar surface area (TPSA) is 72.2 Å². The Morgan fingerprint density at radius 1 is 1.40 bits per heavy atom. The molecule has 0 aromatic heterocycles. The highest BCUT2D eigenvalue weighted by Crippen LogP contribution is 2.36. The van der Waals surface area contributed by atoms with Gasteiger partial charge in [-0.1, -0.05) is 6.07 Å². The number of nitro groups is 1. The summed E-state index contributed by atoms with van der Waals surface area (Å²) in [5.74, 6) is -0.251. The molecule has 1 amide bonds.